The lowest BCUT2D eigenvalue weighted by Crippen LogP contribution is -2.52. The number of hydrogen-bond donors (Lipinski definition) is 1. The molecule has 25 heavy (non-hydrogen) atoms. The molecule has 1 N–H and O–H groups in total. The van der Waals surface area contributed by atoms with Gasteiger partial charge < -0.3 is 5.32 Å². The fraction of sp³-hybridized carbons (Fsp3) is 0.611. The number of hydrogen-bond acceptors (Lipinski definition) is 3. The van der Waals surface area contributed by atoms with Crippen LogP contribution in [0, 0.1) is 11.8 Å². The Hall–Kier alpha value is -1.27. The van der Waals surface area contributed by atoms with Gasteiger partial charge in [0, 0.05) is 11.1 Å². The first-order valence-electron chi connectivity index (χ1n) is 8.85. The minimum atomic E-state index is -3.60. The number of amides is 1. The summed E-state index contributed by atoms with van der Waals surface area (Å²) in [6, 6.07) is 5.97. The van der Waals surface area contributed by atoms with Crippen molar-refractivity contribution in [1.29, 1.82) is 0 Å². The van der Waals surface area contributed by atoms with Gasteiger partial charge in [-0.25, -0.2) is 8.42 Å². The topological polar surface area (TPSA) is 66.5 Å². The molecule has 0 heterocycles. The molecule has 2 aliphatic rings. The Balaban J connectivity index is 1.82. The predicted molar refractivity (Wildman–Crippen MR) is 100 cm³/mol. The predicted octanol–water partition coefficient (Wildman–Crippen LogP) is 3.19. The van der Waals surface area contributed by atoms with Gasteiger partial charge in [-0.2, -0.15) is 0 Å². The fourth-order valence-corrected chi connectivity index (χ4v) is 5.69. The van der Waals surface area contributed by atoms with Crippen LogP contribution < -0.4 is 9.62 Å². The van der Waals surface area contributed by atoms with E-state index in [1.54, 1.807) is 24.3 Å². The minimum Gasteiger partial charge on any atom is -0.351 e. The largest absolute Gasteiger partial charge is 0.351 e. The maximum absolute atomic E-state index is 12.9. The van der Waals surface area contributed by atoms with Crippen LogP contribution in [0.2, 0.25) is 5.02 Å². The van der Waals surface area contributed by atoms with Crippen LogP contribution in [0.3, 0.4) is 0 Å². The zero-order chi connectivity index (χ0) is 18.2. The fourth-order valence-electron chi connectivity index (χ4n) is 4.35. The molecule has 1 amide bonds. The molecule has 0 unspecified atom stereocenters. The van der Waals surface area contributed by atoms with E-state index in [9.17, 15) is 13.2 Å². The monoisotopic (exact) mass is 384 g/mol. The SMILES string of the molecule is CC[C@@H](C(=O)N[C@H]1C[C@H]2CC[C@H]1C2)N(c1ccc(Cl)cc1)S(C)(=O)=O. The van der Waals surface area contributed by atoms with E-state index in [1.165, 1.54) is 23.6 Å². The van der Waals surface area contributed by atoms with E-state index in [1.807, 2.05) is 6.92 Å². The second kappa shape index (κ2) is 7.16. The normalized spacial score (nSPS) is 26.4. The summed E-state index contributed by atoms with van der Waals surface area (Å²) in [4.78, 5) is 12.9. The second-order valence-electron chi connectivity index (χ2n) is 7.25. The first-order chi connectivity index (χ1) is 11.8. The Morgan fingerprint density at radius 2 is 1.96 bits per heavy atom. The third kappa shape index (κ3) is 3.95. The van der Waals surface area contributed by atoms with Gasteiger partial charge in [-0.05, 0) is 61.8 Å². The summed E-state index contributed by atoms with van der Waals surface area (Å²) in [5.74, 6) is 1.06. The van der Waals surface area contributed by atoms with Gasteiger partial charge >= 0.3 is 0 Å². The van der Waals surface area contributed by atoms with Gasteiger partial charge in [-0.1, -0.05) is 24.9 Å². The van der Waals surface area contributed by atoms with E-state index in [2.05, 4.69) is 5.32 Å². The van der Waals surface area contributed by atoms with Gasteiger partial charge in [0.2, 0.25) is 15.9 Å². The number of carbonyl (C=O) groups is 1. The Labute approximate surface area is 154 Å². The van der Waals surface area contributed by atoms with Crippen LogP contribution in [0.4, 0.5) is 5.69 Å². The number of benzene rings is 1. The molecule has 7 heteroatoms. The molecule has 4 atom stereocenters. The van der Waals surface area contributed by atoms with E-state index < -0.39 is 16.1 Å². The molecule has 3 rings (SSSR count). The summed E-state index contributed by atoms with van der Waals surface area (Å²) in [6.45, 7) is 1.83. The van der Waals surface area contributed by atoms with Crippen LogP contribution in [-0.4, -0.2) is 32.7 Å². The quantitative estimate of drug-likeness (QED) is 0.819. The highest BCUT2D eigenvalue weighted by atomic mass is 35.5. The number of fused-ring (bicyclic) bond motifs is 2. The molecule has 1 aromatic rings. The van der Waals surface area contributed by atoms with Crippen LogP contribution in [0.25, 0.3) is 0 Å². The second-order valence-corrected chi connectivity index (χ2v) is 9.55. The molecule has 0 spiro atoms. The number of carbonyl (C=O) groups excluding carboxylic acids is 1. The lowest BCUT2D eigenvalue weighted by atomic mass is 9.95. The van der Waals surface area contributed by atoms with Crippen molar-refractivity contribution >= 4 is 33.2 Å². The van der Waals surface area contributed by atoms with Crippen LogP contribution in [0.5, 0.6) is 0 Å². The first kappa shape index (κ1) is 18.5. The molecular weight excluding hydrogens is 360 g/mol. The maximum Gasteiger partial charge on any atom is 0.244 e. The third-order valence-electron chi connectivity index (χ3n) is 5.48. The van der Waals surface area contributed by atoms with E-state index >= 15 is 0 Å². The molecule has 2 aliphatic carbocycles. The Morgan fingerprint density at radius 3 is 2.44 bits per heavy atom. The molecule has 0 saturated heterocycles. The Kier molecular flexibility index (Phi) is 5.30. The van der Waals surface area contributed by atoms with E-state index in [-0.39, 0.29) is 11.9 Å². The first-order valence-corrected chi connectivity index (χ1v) is 11.1. The lowest BCUT2D eigenvalue weighted by molar-refractivity contribution is -0.123. The Bertz CT molecular complexity index is 735. The zero-order valence-electron chi connectivity index (χ0n) is 14.6. The standard InChI is InChI=1S/C18H25ClN2O3S/c1-3-17(18(22)20-16-11-12-4-5-13(16)10-12)21(25(2,23)24)15-8-6-14(19)7-9-15/h6-9,12-13,16-17H,3-5,10-11H2,1-2H3,(H,20,22)/t12-,13-,16-,17-/m0/s1. The Morgan fingerprint density at radius 1 is 1.28 bits per heavy atom. The maximum atomic E-state index is 12.9. The molecule has 0 aliphatic heterocycles. The number of nitrogens with one attached hydrogen (secondary N) is 1. The van der Waals surface area contributed by atoms with Crippen LogP contribution in [0.15, 0.2) is 24.3 Å². The average Bonchev–Trinajstić information content (AvgIpc) is 3.15. The summed E-state index contributed by atoms with van der Waals surface area (Å²) in [6.07, 6.45) is 6.17. The summed E-state index contributed by atoms with van der Waals surface area (Å²) in [5, 5.41) is 3.65. The number of nitrogens with zero attached hydrogens (tertiary/aromatic N) is 1. The summed E-state index contributed by atoms with van der Waals surface area (Å²) in [7, 11) is -3.60. The van der Waals surface area contributed by atoms with Gasteiger partial charge in [-0.3, -0.25) is 9.10 Å². The van der Waals surface area contributed by atoms with Crippen molar-refractivity contribution in [1.82, 2.24) is 5.32 Å². The van der Waals surface area contributed by atoms with Crippen molar-refractivity contribution in [3.63, 3.8) is 0 Å². The lowest BCUT2D eigenvalue weighted by Gasteiger charge is -2.32. The summed E-state index contributed by atoms with van der Waals surface area (Å²) < 4.78 is 26.0. The molecular formula is C18H25ClN2O3S. The highest BCUT2D eigenvalue weighted by molar-refractivity contribution is 7.92. The number of halogens is 1. The van der Waals surface area contributed by atoms with Gasteiger partial charge in [-0.15, -0.1) is 0 Å². The van der Waals surface area contributed by atoms with Crippen LogP contribution >= 0.6 is 11.6 Å². The molecule has 0 radical (unpaired) electrons. The summed E-state index contributed by atoms with van der Waals surface area (Å²) in [5.41, 5.74) is 0.460. The summed E-state index contributed by atoms with van der Waals surface area (Å²) >= 11 is 5.91. The van der Waals surface area contributed by atoms with E-state index in [4.69, 9.17) is 11.6 Å². The van der Waals surface area contributed by atoms with Gasteiger partial charge in [0.05, 0.1) is 11.9 Å². The molecule has 138 valence electrons. The van der Waals surface area contributed by atoms with Crippen molar-refractivity contribution in [2.75, 3.05) is 10.6 Å². The van der Waals surface area contributed by atoms with Gasteiger partial charge in [0.15, 0.2) is 0 Å². The molecule has 5 nitrogen and oxygen atoms in total. The number of sulfonamides is 1. The highest BCUT2D eigenvalue weighted by Gasteiger charge is 2.41. The van der Waals surface area contributed by atoms with Crippen molar-refractivity contribution in [2.45, 2.75) is 51.1 Å². The number of rotatable bonds is 6. The molecule has 1 aromatic carbocycles. The van der Waals surface area contributed by atoms with Crippen molar-refractivity contribution in [3.8, 4) is 0 Å². The minimum absolute atomic E-state index is 0.187. The average molecular weight is 385 g/mol. The van der Waals surface area contributed by atoms with Crippen LogP contribution in [-0.2, 0) is 14.8 Å². The van der Waals surface area contributed by atoms with Gasteiger partial charge in [0.1, 0.15) is 6.04 Å². The molecule has 2 saturated carbocycles. The van der Waals surface area contributed by atoms with Crippen LogP contribution in [0.1, 0.15) is 39.0 Å². The van der Waals surface area contributed by atoms with Crippen molar-refractivity contribution < 1.29 is 13.2 Å². The number of anilines is 1. The third-order valence-corrected chi connectivity index (χ3v) is 6.91. The zero-order valence-corrected chi connectivity index (χ0v) is 16.2. The van der Waals surface area contributed by atoms with E-state index in [0.29, 0.717) is 23.0 Å². The molecule has 2 bridgehead atoms. The van der Waals surface area contributed by atoms with Crippen molar-refractivity contribution in [2.24, 2.45) is 11.8 Å². The van der Waals surface area contributed by atoms with Crippen molar-refractivity contribution in [3.05, 3.63) is 29.3 Å². The van der Waals surface area contributed by atoms with E-state index in [0.717, 1.165) is 18.6 Å². The molecule has 0 aromatic heterocycles. The van der Waals surface area contributed by atoms with Gasteiger partial charge in [0.25, 0.3) is 0 Å². The molecule has 2 fully saturated rings. The smallest absolute Gasteiger partial charge is 0.244 e. The highest BCUT2D eigenvalue weighted by Crippen LogP contribution is 2.44.